The van der Waals surface area contributed by atoms with Crippen LogP contribution in [0.3, 0.4) is 0 Å². The van der Waals surface area contributed by atoms with Crippen LogP contribution in [-0.2, 0) is 0 Å². The molecule has 6 rings (SSSR count). The fourth-order valence-electron chi connectivity index (χ4n) is 3.84. The van der Waals surface area contributed by atoms with Crippen LogP contribution in [0.5, 0.6) is 0 Å². The number of para-hydroxylation sites is 1. The lowest BCUT2D eigenvalue weighted by atomic mass is 10.0. The first-order chi connectivity index (χ1) is 13.3. The van der Waals surface area contributed by atoms with E-state index in [0.717, 1.165) is 48.3 Å². The van der Waals surface area contributed by atoms with Crippen LogP contribution in [0.25, 0.3) is 55.0 Å². The summed E-state index contributed by atoms with van der Waals surface area (Å²) in [6.45, 7) is 0. The Balaban J connectivity index is 1.67. The summed E-state index contributed by atoms with van der Waals surface area (Å²) >= 11 is 3.56. The highest BCUT2D eigenvalue weighted by molar-refractivity contribution is 9.10. The van der Waals surface area contributed by atoms with Gasteiger partial charge in [0, 0.05) is 32.1 Å². The van der Waals surface area contributed by atoms with E-state index in [2.05, 4.69) is 58.4 Å². The third kappa shape index (κ3) is 2.25. The maximum absolute atomic E-state index is 6.10. The SMILES string of the molecule is Brc1cccc(-c2ccc3oc4cc5oc6ccccc6c5cc4c3c2)c1. The normalized spacial score (nSPS) is 11.9. The Morgan fingerprint density at radius 2 is 1.19 bits per heavy atom. The van der Waals surface area contributed by atoms with Gasteiger partial charge < -0.3 is 8.83 Å². The van der Waals surface area contributed by atoms with Crippen molar-refractivity contribution in [2.75, 3.05) is 0 Å². The number of furan rings is 2. The monoisotopic (exact) mass is 412 g/mol. The van der Waals surface area contributed by atoms with Crippen LogP contribution in [0, 0.1) is 0 Å². The smallest absolute Gasteiger partial charge is 0.139 e. The lowest BCUT2D eigenvalue weighted by Gasteiger charge is -2.02. The van der Waals surface area contributed by atoms with Crippen molar-refractivity contribution in [3.63, 3.8) is 0 Å². The van der Waals surface area contributed by atoms with Gasteiger partial charge in [-0.3, -0.25) is 0 Å². The molecule has 6 aromatic rings. The highest BCUT2D eigenvalue weighted by atomic mass is 79.9. The molecule has 2 aromatic heterocycles. The topological polar surface area (TPSA) is 26.3 Å². The van der Waals surface area contributed by atoms with Gasteiger partial charge in [-0.25, -0.2) is 0 Å². The number of halogens is 1. The summed E-state index contributed by atoms with van der Waals surface area (Å²) in [5.41, 5.74) is 5.84. The molecule has 0 aliphatic carbocycles. The molecule has 3 heteroatoms. The molecule has 0 spiro atoms. The van der Waals surface area contributed by atoms with Crippen LogP contribution < -0.4 is 0 Å². The summed E-state index contributed by atoms with van der Waals surface area (Å²) in [5, 5.41) is 4.48. The van der Waals surface area contributed by atoms with Gasteiger partial charge in [-0.15, -0.1) is 0 Å². The summed E-state index contributed by atoms with van der Waals surface area (Å²) in [7, 11) is 0. The Labute approximate surface area is 163 Å². The fraction of sp³-hybridized carbons (Fsp3) is 0. The van der Waals surface area contributed by atoms with E-state index in [0.29, 0.717) is 0 Å². The van der Waals surface area contributed by atoms with Crippen molar-refractivity contribution < 1.29 is 8.83 Å². The molecule has 2 heterocycles. The minimum absolute atomic E-state index is 0.850. The lowest BCUT2D eigenvalue weighted by molar-refractivity contribution is 0.656. The number of fused-ring (bicyclic) bond motifs is 6. The van der Waals surface area contributed by atoms with Gasteiger partial charge in [-0.05, 0) is 47.5 Å². The molecule has 2 nitrogen and oxygen atoms in total. The van der Waals surface area contributed by atoms with Crippen molar-refractivity contribution in [3.05, 3.63) is 83.3 Å². The Bertz CT molecular complexity index is 1490. The Kier molecular flexibility index (Phi) is 3.06. The van der Waals surface area contributed by atoms with Crippen LogP contribution in [0.4, 0.5) is 0 Å². The Hall–Kier alpha value is -3.04. The van der Waals surface area contributed by atoms with Crippen LogP contribution in [0.1, 0.15) is 0 Å². The predicted molar refractivity (Wildman–Crippen MR) is 114 cm³/mol. The van der Waals surface area contributed by atoms with E-state index in [1.54, 1.807) is 0 Å². The first-order valence-corrected chi connectivity index (χ1v) is 9.59. The van der Waals surface area contributed by atoms with Crippen molar-refractivity contribution in [3.8, 4) is 11.1 Å². The maximum atomic E-state index is 6.10. The van der Waals surface area contributed by atoms with Gasteiger partial charge >= 0.3 is 0 Å². The molecule has 0 saturated carbocycles. The van der Waals surface area contributed by atoms with Gasteiger partial charge in [0.1, 0.15) is 22.3 Å². The highest BCUT2D eigenvalue weighted by Crippen LogP contribution is 2.38. The van der Waals surface area contributed by atoms with E-state index in [-0.39, 0.29) is 0 Å². The second kappa shape index (κ2) is 5.48. The molecular weight excluding hydrogens is 400 g/mol. The zero-order valence-electron chi connectivity index (χ0n) is 14.2. The summed E-state index contributed by atoms with van der Waals surface area (Å²) in [6, 6.07) is 27.0. The largest absolute Gasteiger partial charge is 0.456 e. The Morgan fingerprint density at radius 1 is 0.481 bits per heavy atom. The third-order valence-electron chi connectivity index (χ3n) is 5.13. The van der Waals surface area contributed by atoms with Crippen molar-refractivity contribution >= 4 is 59.8 Å². The van der Waals surface area contributed by atoms with Crippen LogP contribution in [0.15, 0.2) is 92.2 Å². The lowest BCUT2D eigenvalue weighted by Crippen LogP contribution is -1.77. The number of hydrogen-bond donors (Lipinski definition) is 0. The van der Waals surface area contributed by atoms with Gasteiger partial charge in [0.25, 0.3) is 0 Å². The first kappa shape index (κ1) is 15.1. The number of hydrogen-bond acceptors (Lipinski definition) is 2. The van der Waals surface area contributed by atoms with Gasteiger partial charge in [0.05, 0.1) is 0 Å². The average Bonchev–Trinajstić information content (AvgIpc) is 3.23. The minimum atomic E-state index is 0.850. The van der Waals surface area contributed by atoms with Gasteiger partial charge in [0.2, 0.25) is 0 Å². The number of rotatable bonds is 1. The van der Waals surface area contributed by atoms with E-state index in [4.69, 9.17) is 8.83 Å². The van der Waals surface area contributed by atoms with Crippen molar-refractivity contribution in [1.82, 2.24) is 0 Å². The second-order valence-corrected chi connectivity index (χ2v) is 7.68. The molecule has 0 radical (unpaired) electrons. The third-order valence-corrected chi connectivity index (χ3v) is 5.62. The molecule has 0 aliphatic rings. The molecule has 0 atom stereocenters. The second-order valence-electron chi connectivity index (χ2n) is 6.77. The fourth-order valence-corrected chi connectivity index (χ4v) is 4.24. The zero-order valence-corrected chi connectivity index (χ0v) is 15.8. The zero-order chi connectivity index (χ0) is 18.0. The van der Waals surface area contributed by atoms with Crippen molar-refractivity contribution in [2.24, 2.45) is 0 Å². The highest BCUT2D eigenvalue weighted by Gasteiger charge is 2.13. The average molecular weight is 413 g/mol. The van der Waals surface area contributed by atoms with E-state index < -0.39 is 0 Å². The maximum Gasteiger partial charge on any atom is 0.139 e. The van der Waals surface area contributed by atoms with E-state index in [9.17, 15) is 0 Å². The predicted octanol–water partition coefficient (Wildman–Crippen LogP) is 7.91. The van der Waals surface area contributed by atoms with Crippen LogP contribution >= 0.6 is 15.9 Å². The van der Waals surface area contributed by atoms with E-state index in [1.165, 1.54) is 11.1 Å². The minimum Gasteiger partial charge on any atom is -0.456 e. The molecule has 0 unspecified atom stereocenters. The standard InChI is InChI=1S/C24H13BrO2/c25-16-5-3-4-14(10-16)15-8-9-22-18(11-15)20-12-19-17-6-1-2-7-21(17)26-23(19)13-24(20)27-22/h1-13H. The van der Waals surface area contributed by atoms with Crippen molar-refractivity contribution in [1.29, 1.82) is 0 Å². The number of benzene rings is 4. The molecule has 0 aliphatic heterocycles. The quantitative estimate of drug-likeness (QED) is 0.274. The molecule has 0 bridgehead atoms. The summed E-state index contributed by atoms with van der Waals surface area (Å²) in [6.07, 6.45) is 0. The summed E-state index contributed by atoms with van der Waals surface area (Å²) in [5.74, 6) is 0. The van der Waals surface area contributed by atoms with Crippen molar-refractivity contribution in [2.45, 2.75) is 0 Å². The van der Waals surface area contributed by atoms with Crippen LogP contribution in [-0.4, -0.2) is 0 Å². The summed E-state index contributed by atoms with van der Waals surface area (Å²) < 4.78 is 13.2. The molecule has 0 amide bonds. The molecule has 128 valence electrons. The van der Waals surface area contributed by atoms with Gasteiger partial charge in [-0.2, -0.15) is 0 Å². The van der Waals surface area contributed by atoms with Gasteiger partial charge in [0.15, 0.2) is 0 Å². The molecule has 0 fully saturated rings. The van der Waals surface area contributed by atoms with E-state index in [1.807, 2.05) is 36.4 Å². The van der Waals surface area contributed by atoms with Gasteiger partial charge in [-0.1, -0.05) is 52.3 Å². The Morgan fingerprint density at radius 3 is 2.04 bits per heavy atom. The molecule has 27 heavy (non-hydrogen) atoms. The van der Waals surface area contributed by atoms with E-state index >= 15 is 0 Å². The molecule has 0 saturated heterocycles. The summed E-state index contributed by atoms with van der Waals surface area (Å²) in [4.78, 5) is 0. The van der Waals surface area contributed by atoms with Crippen LogP contribution in [0.2, 0.25) is 0 Å². The molecule has 0 N–H and O–H groups in total. The first-order valence-electron chi connectivity index (χ1n) is 8.80. The molecular formula is C24H13BrO2. The molecule has 4 aromatic carbocycles.